The summed E-state index contributed by atoms with van der Waals surface area (Å²) < 4.78 is 5.89. The van der Waals surface area contributed by atoms with E-state index >= 15 is 0 Å². The lowest BCUT2D eigenvalue weighted by Crippen LogP contribution is -1.89. The summed E-state index contributed by atoms with van der Waals surface area (Å²) in [4.78, 5) is 11.1. The van der Waals surface area contributed by atoms with Gasteiger partial charge in [-0.3, -0.25) is 0 Å². The van der Waals surface area contributed by atoms with Gasteiger partial charge in [-0.2, -0.15) is 0 Å². The number of fused-ring (bicyclic) bond motifs is 1. The van der Waals surface area contributed by atoms with Gasteiger partial charge in [-0.1, -0.05) is 11.6 Å². The highest BCUT2D eigenvalue weighted by molar-refractivity contribution is 7.20. The van der Waals surface area contributed by atoms with Crippen LogP contribution in [0.4, 0.5) is 0 Å². The lowest BCUT2D eigenvalue weighted by atomic mass is 10.2. The Kier molecular flexibility index (Phi) is 2.54. The van der Waals surface area contributed by atoms with Crippen molar-refractivity contribution in [3.63, 3.8) is 0 Å². The molecule has 0 amide bonds. The second-order valence-electron chi connectivity index (χ2n) is 2.91. The van der Waals surface area contributed by atoms with Crippen LogP contribution in [0.15, 0.2) is 18.2 Å². The molecular formula is C10H7ClO3S. The van der Waals surface area contributed by atoms with Crippen LogP contribution in [-0.2, 0) is 0 Å². The van der Waals surface area contributed by atoms with Crippen molar-refractivity contribution in [1.82, 2.24) is 0 Å². The smallest absolute Gasteiger partial charge is 0.345 e. The first-order chi connectivity index (χ1) is 7.13. The SMILES string of the molecule is COc1ccc2sc(C(=O)O)cc2c1Cl. The summed E-state index contributed by atoms with van der Waals surface area (Å²) in [5, 5.41) is 10.0. The summed E-state index contributed by atoms with van der Waals surface area (Å²) in [6, 6.07) is 5.09. The molecule has 0 aliphatic heterocycles. The average molecular weight is 243 g/mol. The number of carbonyl (C=O) groups is 1. The van der Waals surface area contributed by atoms with E-state index in [-0.39, 0.29) is 4.88 Å². The summed E-state index contributed by atoms with van der Waals surface area (Å²) >= 11 is 7.25. The Morgan fingerprint density at radius 2 is 2.27 bits per heavy atom. The van der Waals surface area contributed by atoms with Gasteiger partial charge >= 0.3 is 5.97 Å². The maximum absolute atomic E-state index is 10.8. The quantitative estimate of drug-likeness (QED) is 0.879. The van der Waals surface area contributed by atoms with E-state index in [0.29, 0.717) is 10.8 Å². The Morgan fingerprint density at radius 3 is 2.87 bits per heavy atom. The molecule has 0 fully saturated rings. The number of ether oxygens (including phenoxy) is 1. The van der Waals surface area contributed by atoms with E-state index in [1.165, 1.54) is 18.4 Å². The Morgan fingerprint density at radius 1 is 1.53 bits per heavy atom. The number of halogens is 1. The van der Waals surface area contributed by atoms with Crippen molar-refractivity contribution < 1.29 is 14.6 Å². The molecule has 0 radical (unpaired) electrons. The normalized spacial score (nSPS) is 10.5. The third-order valence-corrected chi connectivity index (χ3v) is 3.51. The fourth-order valence-electron chi connectivity index (χ4n) is 1.32. The lowest BCUT2D eigenvalue weighted by molar-refractivity contribution is 0.0702. The van der Waals surface area contributed by atoms with Gasteiger partial charge in [0.15, 0.2) is 0 Å². The van der Waals surface area contributed by atoms with Crippen LogP contribution in [0.1, 0.15) is 9.67 Å². The van der Waals surface area contributed by atoms with Crippen LogP contribution < -0.4 is 4.74 Å². The van der Waals surface area contributed by atoms with Crippen LogP contribution in [0.3, 0.4) is 0 Å². The molecule has 3 nitrogen and oxygen atoms in total. The standard InChI is InChI=1S/C10H7ClO3S/c1-14-6-2-3-7-5(9(6)11)4-8(15-7)10(12)13/h2-4H,1H3,(H,12,13). The van der Waals surface area contributed by atoms with Crippen LogP contribution in [0.25, 0.3) is 10.1 Å². The molecule has 78 valence electrons. The second-order valence-corrected chi connectivity index (χ2v) is 4.37. The van der Waals surface area contributed by atoms with Crippen molar-refractivity contribution in [2.45, 2.75) is 0 Å². The summed E-state index contributed by atoms with van der Waals surface area (Å²) in [5.74, 6) is -0.384. The number of benzene rings is 1. The molecule has 0 bridgehead atoms. The molecule has 1 aromatic carbocycles. The Labute approximate surface area is 94.9 Å². The van der Waals surface area contributed by atoms with Crippen molar-refractivity contribution in [3.8, 4) is 5.75 Å². The molecule has 0 aliphatic carbocycles. The highest BCUT2D eigenvalue weighted by atomic mass is 35.5. The Bertz CT molecular complexity index is 533. The van der Waals surface area contributed by atoms with Crippen LogP contribution >= 0.6 is 22.9 Å². The minimum atomic E-state index is -0.939. The molecule has 0 saturated heterocycles. The molecule has 1 heterocycles. The predicted molar refractivity (Wildman–Crippen MR) is 60.3 cm³/mol. The zero-order valence-corrected chi connectivity index (χ0v) is 9.35. The second kappa shape index (κ2) is 3.72. The first kappa shape index (κ1) is 10.3. The molecular weight excluding hydrogens is 236 g/mol. The third-order valence-electron chi connectivity index (χ3n) is 2.03. The van der Waals surface area contributed by atoms with E-state index < -0.39 is 5.97 Å². The minimum Gasteiger partial charge on any atom is -0.495 e. The van der Waals surface area contributed by atoms with Gasteiger partial charge in [-0.15, -0.1) is 11.3 Å². The van der Waals surface area contributed by atoms with Crippen molar-refractivity contribution in [1.29, 1.82) is 0 Å². The summed E-state index contributed by atoms with van der Waals surface area (Å²) in [6.07, 6.45) is 0. The molecule has 0 aliphatic rings. The van der Waals surface area contributed by atoms with Gasteiger partial charge in [0.25, 0.3) is 0 Å². The maximum Gasteiger partial charge on any atom is 0.345 e. The zero-order chi connectivity index (χ0) is 11.0. The Balaban J connectivity index is 2.71. The fourth-order valence-corrected chi connectivity index (χ4v) is 2.58. The van der Waals surface area contributed by atoms with Crippen LogP contribution in [0, 0.1) is 0 Å². The number of carboxylic acids is 1. The van der Waals surface area contributed by atoms with Gasteiger partial charge in [0.2, 0.25) is 0 Å². The van der Waals surface area contributed by atoms with Crippen LogP contribution in [0.5, 0.6) is 5.75 Å². The van der Waals surface area contributed by atoms with Crippen molar-refractivity contribution in [2.24, 2.45) is 0 Å². The first-order valence-electron chi connectivity index (χ1n) is 4.13. The molecule has 0 atom stereocenters. The monoisotopic (exact) mass is 242 g/mol. The minimum absolute atomic E-state index is 0.278. The zero-order valence-electron chi connectivity index (χ0n) is 7.78. The number of hydrogen-bond acceptors (Lipinski definition) is 3. The third kappa shape index (κ3) is 1.66. The molecule has 2 aromatic rings. The van der Waals surface area contributed by atoms with Crippen molar-refractivity contribution in [2.75, 3.05) is 7.11 Å². The van der Waals surface area contributed by atoms with Crippen molar-refractivity contribution in [3.05, 3.63) is 28.1 Å². The maximum atomic E-state index is 10.8. The molecule has 2 rings (SSSR count). The van der Waals surface area contributed by atoms with E-state index in [2.05, 4.69) is 0 Å². The number of carboxylic acid groups (broad SMARTS) is 1. The van der Waals surface area contributed by atoms with Crippen LogP contribution in [0.2, 0.25) is 5.02 Å². The lowest BCUT2D eigenvalue weighted by Gasteiger charge is -2.02. The molecule has 1 N–H and O–H groups in total. The summed E-state index contributed by atoms with van der Waals surface area (Å²) in [5.41, 5.74) is 0. The number of hydrogen-bond donors (Lipinski definition) is 1. The summed E-state index contributed by atoms with van der Waals surface area (Å²) in [7, 11) is 1.53. The molecule has 0 spiro atoms. The molecule has 5 heteroatoms. The molecule has 15 heavy (non-hydrogen) atoms. The number of thiophene rings is 1. The van der Waals surface area contributed by atoms with E-state index in [1.54, 1.807) is 18.2 Å². The molecule has 0 saturated carbocycles. The van der Waals surface area contributed by atoms with Gasteiger partial charge in [0.1, 0.15) is 10.6 Å². The average Bonchev–Trinajstić information content (AvgIpc) is 2.63. The van der Waals surface area contributed by atoms with Crippen molar-refractivity contribution >= 4 is 39.0 Å². The van der Waals surface area contributed by atoms with E-state index in [4.69, 9.17) is 21.4 Å². The largest absolute Gasteiger partial charge is 0.495 e. The highest BCUT2D eigenvalue weighted by Gasteiger charge is 2.12. The topological polar surface area (TPSA) is 46.5 Å². The van der Waals surface area contributed by atoms with Gasteiger partial charge in [-0.05, 0) is 18.2 Å². The van der Waals surface area contributed by atoms with Gasteiger partial charge in [0.05, 0.1) is 12.1 Å². The first-order valence-corrected chi connectivity index (χ1v) is 5.32. The van der Waals surface area contributed by atoms with Crippen LogP contribution in [-0.4, -0.2) is 18.2 Å². The van der Waals surface area contributed by atoms with E-state index in [1.807, 2.05) is 0 Å². The number of rotatable bonds is 2. The van der Waals surface area contributed by atoms with Gasteiger partial charge < -0.3 is 9.84 Å². The number of methoxy groups -OCH3 is 1. The van der Waals surface area contributed by atoms with E-state index in [0.717, 1.165) is 10.1 Å². The molecule has 0 unspecified atom stereocenters. The highest BCUT2D eigenvalue weighted by Crippen LogP contribution is 2.37. The number of aromatic carboxylic acids is 1. The Hall–Kier alpha value is -1.26. The molecule has 1 aromatic heterocycles. The van der Waals surface area contributed by atoms with Gasteiger partial charge in [0, 0.05) is 10.1 Å². The van der Waals surface area contributed by atoms with Gasteiger partial charge in [-0.25, -0.2) is 4.79 Å². The predicted octanol–water partition coefficient (Wildman–Crippen LogP) is 3.26. The summed E-state index contributed by atoms with van der Waals surface area (Å²) in [6.45, 7) is 0. The van der Waals surface area contributed by atoms with E-state index in [9.17, 15) is 4.79 Å². The fraction of sp³-hybridized carbons (Fsp3) is 0.100.